The summed E-state index contributed by atoms with van der Waals surface area (Å²) in [7, 11) is 0. The lowest BCUT2D eigenvalue weighted by molar-refractivity contribution is -0.142. The number of aromatic amines is 2. The van der Waals surface area contributed by atoms with Gasteiger partial charge in [-0.3, -0.25) is 19.2 Å². The zero-order valence-corrected chi connectivity index (χ0v) is 19.3. The SMILES string of the molecule is NC(=O)CC(NC(=O)C(N)CS)C(=O)NC(Cc1cnc[nH]1)C(=O)NC(Cc1cnc[nH]1)C(=O)O. The number of amides is 4. The van der Waals surface area contributed by atoms with E-state index in [0.29, 0.717) is 11.4 Å². The minimum atomic E-state index is -1.43. The minimum Gasteiger partial charge on any atom is -0.480 e. The molecule has 0 saturated heterocycles. The van der Waals surface area contributed by atoms with Gasteiger partial charge in [-0.15, -0.1) is 0 Å². The van der Waals surface area contributed by atoms with Crippen LogP contribution in [-0.2, 0) is 36.8 Å². The first-order chi connectivity index (χ1) is 16.6. The van der Waals surface area contributed by atoms with Gasteiger partial charge in [-0.25, -0.2) is 14.8 Å². The number of carbonyl (C=O) groups excluding carboxylic acids is 4. The van der Waals surface area contributed by atoms with Gasteiger partial charge in [-0.2, -0.15) is 12.6 Å². The second-order valence-corrected chi connectivity index (χ2v) is 7.91. The molecule has 15 nitrogen and oxygen atoms in total. The summed E-state index contributed by atoms with van der Waals surface area (Å²) < 4.78 is 0. The number of thiol groups is 1. The maximum atomic E-state index is 13.0. The summed E-state index contributed by atoms with van der Waals surface area (Å²) >= 11 is 3.92. The Morgan fingerprint density at radius 3 is 1.83 bits per heavy atom. The molecule has 2 aromatic heterocycles. The molecule has 10 N–H and O–H groups in total. The van der Waals surface area contributed by atoms with Crippen LogP contribution < -0.4 is 27.4 Å². The van der Waals surface area contributed by atoms with Crippen molar-refractivity contribution in [3.05, 3.63) is 36.4 Å². The lowest BCUT2D eigenvalue weighted by Crippen LogP contribution is -2.58. The van der Waals surface area contributed by atoms with Crippen molar-refractivity contribution in [1.82, 2.24) is 35.9 Å². The van der Waals surface area contributed by atoms with Crippen LogP contribution in [0.2, 0.25) is 0 Å². The summed E-state index contributed by atoms with van der Waals surface area (Å²) in [6.45, 7) is 0. The zero-order chi connectivity index (χ0) is 26.0. The molecule has 0 aliphatic heterocycles. The molecule has 0 bridgehead atoms. The molecular formula is C19H27N9O6S. The molecule has 0 aliphatic carbocycles. The third kappa shape index (κ3) is 8.74. The fourth-order valence-corrected chi connectivity index (χ4v) is 3.12. The molecule has 0 radical (unpaired) electrons. The van der Waals surface area contributed by atoms with Gasteiger partial charge in [0.1, 0.15) is 18.1 Å². The van der Waals surface area contributed by atoms with E-state index >= 15 is 0 Å². The van der Waals surface area contributed by atoms with Gasteiger partial charge in [-0.1, -0.05) is 0 Å². The molecule has 0 aliphatic rings. The molecule has 0 saturated carbocycles. The number of nitrogens with one attached hydrogen (secondary N) is 5. The lowest BCUT2D eigenvalue weighted by Gasteiger charge is -2.24. The van der Waals surface area contributed by atoms with Crippen molar-refractivity contribution >= 4 is 42.2 Å². The van der Waals surface area contributed by atoms with E-state index in [9.17, 15) is 29.1 Å². The molecule has 2 rings (SSSR count). The van der Waals surface area contributed by atoms with Gasteiger partial charge in [0, 0.05) is 42.4 Å². The van der Waals surface area contributed by atoms with Gasteiger partial charge in [0.2, 0.25) is 23.6 Å². The van der Waals surface area contributed by atoms with Gasteiger partial charge >= 0.3 is 5.97 Å². The van der Waals surface area contributed by atoms with Crippen LogP contribution in [0.1, 0.15) is 17.8 Å². The van der Waals surface area contributed by atoms with Crippen molar-refractivity contribution in [3.63, 3.8) is 0 Å². The molecule has 0 aromatic carbocycles. The third-order valence-corrected chi connectivity index (χ3v) is 5.17. The molecule has 2 aromatic rings. The van der Waals surface area contributed by atoms with E-state index in [-0.39, 0.29) is 18.6 Å². The Bertz CT molecular complexity index is 1010. The maximum Gasteiger partial charge on any atom is 0.326 e. The number of carbonyl (C=O) groups is 5. The number of nitrogens with two attached hydrogens (primary N) is 2. The van der Waals surface area contributed by atoms with E-state index in [0.717, 1.165) is 0 Å². The molecule has 16 heteroatoms. The van der Waals surface area contributed by atoms with Gasteiger partial charge in [0.15, 0.2) is 0 Å². The Balaban J connectivity index is 2.20. The number of aliphatic carboxylic acids is 1. The fraction of sp³-hybridized carbons (Fsp3) is 0.421. The van der Waals surface area contributed by atoms with Crippen LogP contribution in [0.4, 0.5) is 0 Å². The monoisotopic (exact) mass is 509 g/mol. The molecule has 0 spiro atoms. The van der Waals surface area contributed by atoms with Crippen molar-refractivity contribution in [2.45, 2.75) is 43.4 Å². The van der Waals surface area contributed by atoms with Crippen LogP contribution in [-0.4, -0.2) is 84.6 Å². The number of aromatic nitrogens is 4. The number of H-pyrrole nitrogens is 2. The first kappa shape index (κ1) is 27.3. The number of hydrogen-bond acceptors (Lipinski definition) is 9. The predicted octanol–water partition coefficient (Wildman–Crippen LogP) is -3.41. The Kier molecular flexibility index (Phi) is 10.2. The number of nitrogens with zero attached hydrogens (tertiary/aromatic N) is 2. The van der Waals surface area contributed by atoms with Crippen LogP contribution in [0.3, 0.4) is 0 Å². The van der Waals surface area contributed by atoms with Crippen molar-refractivity contribution in [1.29, 1.82) is 0 Å². The van der Waals surface area contributed by atoms with Gasteiger partial charge in [0.25, 0.3) is 0 Å². The van der Waals surface area contributed by atoms with Crippen LogP contribution >= 0.6 is 12.6 Å². The van der Waals surface area contributed by atoms with Crippen molar-refractivity contribution in [2.75, 3.05) is 5.75 Å². The largest absolute Gasteiger partial charge is 0.480 e. The highest BCUT2D eigenvalue weighted by molar-refractivity contribution is 7.80. The molecule has 4 amide bonds. The molecule has 4 unspecified atom stereocenters. The first-order valence-electron chi connectivity index (χ1n) is 10.3. The molecule has 0 fully saturated rings. The van der Waals surface area contributed by atoms with Crippen molar-refractivity contribution in [3.8, 4) is 0 Å². The highest BCUT2D eigenvalue weighted by Crippen LogP contribution is 2.05. The first-order valence-corrected chi connectivity index (χ1v) is 11.0. The molecule has 190 valence electrons. The molecular weight excluding hydrogens is 482 g/mol. The van der Waals surface area contributed by atoms with Gasteiger partial charge < -0.3 is 42.5 Å². The summed E-state index contributed by atoms with van der Waals surface area (Å²) in [5, 5.41) is 16.6. The quantitative estimate of drug-likeness (QED) is 0.115. The summed E-state index contributed by atoms with van der Waals surface area (Å²) in [5.41, 5.74) is 11.7. The number of carboxylic acids is 1. The molecule has 35 heavy (non-hydrogen) atoms. The standard InChI is InChI=1S/C19H27N9O6S/c20-11(6-35)16(30)26-13(3-15(21)29)18(32)27-12(1-9-4-22-7-24-9)17(31)28-14(19(33)34)2-10-5-23-8-25-10/h4-5,7-8,11-14,35H,1-3,6,20H2,(H2,21,29)(H,22,24)(H,23,25)(H,26,30)(H,27,32)(H,28,31)(H,33,34). The van der Waals surface area contributed by atoms with Crippen LogP contribution in [0.15, 0.2) is 25.0 Å². The highest BCUT2D eigenvalue weighted by Gasteiger charge is 2.31. The third-order valence-electron chi connectivity index (χ3n) is 4.78. The molecule has 4 atom stereocenters. The second-order valence-electron chi connectivity index (χ2n) is 7.54. The zero-order valence-electron chi connectivity index (χ0n) is 18.4. The van der Waals surface area contributed by atoms with E-state index in [1.165, 1.54) is 25.0 Å². The topological polar surface area (TPSA) is 251 Å². The van der Waals surface area contributed by atoms with Gasteiger partial charge in [-0.05, 0) is 0 Å². The van der Waals surface area contributed by atoms with Gasteiger partial charge in [0.05, 0.1) is 25.1 Å². The van der Waals surface area contributed by atoms with Crippen molar-refractivity contribution in [2.24, 2.45) is 11.5 Å². The Morgan fingerprint density at radius 1 is 0.886 bits per heavy atom. The average molecular weight is 510 g/mol. The summed E-state index contributed by atoms with van der Waals surface area (Å²) in [6, 6.07) is -5.11. The van der Waals surface area contributed by atoms with Crippen molar-refractivity contribution < 1.29 is 29.1 Å². The summed E-state index contributed by atoms with van der Waals surface area (Å²) in [6.07, 6.45) is 4.81. The number of carboxylic acid groups (broad SMARTS) is 1. The summed E-state index contributed by atoms with van der Waals surface area (Å²) in [4.78, 5) is 74.4. The second kappa shape index (κ2) is 13.1. The number of rotatable bonds is 14. The predicted molar refractivity (Wildman–Crippen MR) is 124 cm³/mol. The highest BCUT2D eigenvalue weighted by atomic mass is 32.1. The summed E-state index contributed by atoms with van der Waals surface area (Å²) in [5.74, 6) is -4.68. The van der Waals surface area contributed by atoms with E-state index < -0.39 is 60.2 Å². The van der Waals surface area contributed by atoms with E-state index in [1.807, 2.05) is 0 Å². The Labute approximate surface area is 204 Å². The smallest absolute Gasteiger partial charge is 0.326 e. The lowest BCUT2D eigenvalue weighted by atomic mass is 10.1. The van der Waals surface area contributed by atoms with E-state index in [2.05, 4.69) is 48.5 Å². The Hall–Kier alpha value is -3.92. The minimum absolute atomic E-state index is 0.0193. The number of primary amides is 1. The fourth-order valence-electron chi connectivity index (χ4n) is 2.96. The van der Waals surface area contributed by atoms with E-state index in [4.69, 9.17) is 11.5 Å². The van der Waals surface area contributed by atoms with E-state index in [1.54, 1.807) is 0 Å². The van der Waals surface area contributed by atoms with Crippen LogP contribution in [0.25, 0.3) is 0 Å². The van der Waals surface area contributed by atoms with Crippen LogP contribution in [0, 0.1) is 0 Å². The average Bonchev–Trinajstić information content (AvgIpc) is 3.50. The maximum absolute atomic E-state index is 13.0. The molecule has 2 heterocycles. The van der Waals surface area contributed by atoms with Crippen LogP contribution in [0.5, 0.6) is 0 Å². The normalized spacial score (nSPS) is 14.2. The number of imidazole rings is 2. The Morgan fingerprint density at radius 2 is 1.37 bits per heavy atom. The number of hydrogen-bond donors (Lipinski definition) is 9.